The monoisotopic (exact) mass is 297 g/mol. The van der Waals surface area contributed by atoms with Crippen molar-refractivity contribution in [2.75, 3.05) is 0 Å². The van der Waals surface area contributed by atoms with E-state index in [4.69, 9.17) is 21.4 Å². The summed E-state index contributed by atoms with van der Waals surface area (Å²) in [5.41, 5.74) is 0.134. The van der Waals surface area contributed by atoms with Gasteiger partial charge in [-0.1, -0.05) is 11.6 Å². The molecule has 2 aromatic rings. The van der Waals surface area contributed by atoms with E-state index in [1.165, 1.54) is 35.1 Å². The number of aromatic carboxylic acids is 1. The number of benzene rings is 1. The topological polar surface area (TPSA) is 107 Å². The molecule has 0 unspecified atom stereocenters. The number of carboxylic acids is 1. The van der Waals surface area contributed by atoms with Crippen LogP contribution in [0.5, 0.6) is 5.75 Å². The van der Waals surface area contributed by atoms with Crippen LogP contribution in [0.1, 0.15) is 10.4 Å². The molecule has 1 aromatic heterocycles. The molecule has 1 aromatic carbocycles. The molecular weight excluding hydrogens is 290 g/mol. The van der Waals surface area contributed by atoms with Crippen LogP contribution < -0.4 is 4.74 Å². The Labute approximate surface area is 117 Å². The third-order valence-electron chi connectivity index (χ3n) is 2.34. The van der Waals surface area contributed by atoms with Crippen LogP contribution in [-0.2, 0) is 6.73 Å². The van der Waals surface area contributed by atoms with Crippen LogP contribution in [-0.4, -0.2) is 25.8 Å². The maximum absolute atomic E-state index is 10.7. The predicted molar refractivity (Wildman–Crippen MR) is 67.9 cm³/mol. The number of nitro groups is 1. The van der Waals surface area contributed by atoms with Crippen LogP contribution in [0.2, 0.25) is 5.02 Å². The average molecular weight is 298 g/mol. The zero-order valence-corrected chi connectivity index (χ0v) is 10.6. The summed E-state index contributed by atoms with van der Waals surface area (Å²) in [7, 11) is 0. The van der Waals surface area contributed by atoms with Crippen molar-refractivity contribution in [2.45, 2.75) is 6.73 Å². The highest BCUT2D eigenvalue weighted by Crippen LogP contribution is 2.21. The van der Waals surface area contributed by atoms with E-state index >= 15 is 0 Å². The largest absolute Gasteiger partial charge is 0.478 e. The zero-order chi connectivity index (χ0) is 14.7. The fraction of sp³-hybridized carbons (Fsp3) is 0.0909. The van der Waals surface area contributed by atoms with Crippen molar-refractivity contribution in [3.63, 3.8) is 0 Å². The minimum absolute atomic E-state index is 0.0834. The first-order valence-electron chi connectivity index (χ1n) is 5.31. The number of carboxylic acid groups (broad SMARTS) is 1. The minimum Gasteiger partial charge on any atom is -0.478 e. The number of nitrogens with zero attached hydrogens (tertiary/aromatic N) is 3. The van der Waals surface area contributed by atoms with Gasteiger partial charge in [0.15, 0.2) is 5.02 Å². The molecule has 8 nitrogen and oxygen atoms in total. The Balaban J connectivity index is 2.03. The second-order valence-corrected chi connectivity index (χ2v) is 4.11. The molecule has 0 amide bonds. The standard InChI is InChI=1S/C11H8ClN3O5/c12-9-5-14(13-10(9)15(18)19)6-20-8-3-1-7(2-4-8)11(16)17/h1-5H,6H2,(H,16,17). The van der Waals surface area contributed by atoms with Crippen molar-refractivity contribution in [3.05, 3.63) is 51.2 Å². The van der Waals surface area contributed by atoms with E-state index in [1.807, 2.05) is 0 Å². The van der Waals surface area contributed by atoms with Crippen molar-refractivity contribution in [1.29, 1.82) is 0 Å². The number of aromatic nitrogens is 2. The lowest BCUT2D eigenvalue weighted by Crippen LogP contribution is -2.06. The van der Waals surface area contributed by atoms with Crippen LogP contribution in [0, 0.1) is 10.1 Å². The Morgan fingerprint density at radius 2 is 2.10 bits per heavy atom. The number of ether oxygens (including phenoxy) is 1. The van der Waals surface area contributed by atoms with Crippen LogP contribution in [0.25, 0.3) is 0 Å². The van der Waals surface area contributed by atoms with Gasteiger partial charge in [0.2, 0.25) is 6.73 Å². The van der Waals surface area contributed by atoms with E-state index in [-0.39, 0.29) is 17.3 Å². The summed E-state index contributed by atoms with van der Waals surface area (Å²) in [5.74, 6) is -1.08. The SMILES string of the molecule is O=C(O)c1ccc(OCn2cc(Cl)c([N+](=O)[O-])n2)cc1. The summed E-state index contributed by atoms with van der Waals surface area (Å²) in [6, 6.07) is 5.72. The lowest BCUT2D eigenvalue weighted by Gasteiger charge is -2.03. The van der Waals surface area contributed by atoms with Gasteiger partial charge in [-0.05, 0) is 29.2 Å². The summed E-state index contributed by atoms with van der Waals surface area (Å²) < 4.78 is 6.47. The molecule has 0 aliphatic carbocycles. The Morgan fingerprint density at radius 1 is 1.45 bits per heavy atom. The molecule has 0 aliphatic heterocycles. The van der Waals surface area contributed by atoms with E-state index in [2.05, 4.69) is 5.10 Å². The molecule has 104 valence electrons. The van der Waals surface area contributed by atoms with Gasteiger partial charge < -0.3 is 20.0 Å². The summed E-state index contributed by atoms with van der Waals surface area (Å²) in [6.45, 7) is -0.0834. The third-order valence-corrected chi connectivity index (χ3v) is 2.60. The molecule has 0 aliphatic rings. The highest BCUT2D eigenvalue weighted by molar-refractivity contribution is 6.32. The Bertz CT molecular complexity index is 653. The maximum Gasteiger partial charge on any atom is 0.408 e. The van der Waals surface area contributed by atoms with Crippen LogP contribution >= 0.6 is 11.6 Å². The number of hydrogen-bond acceptors (Lipinski definition) is 5. The molecule has 1 N–H and O–H groups in total. The van der Waals surface area contributed by atoms with Gasteiger partial charge in [-0.15, -0.1) is 4.68 Å². The highest BCUT2D eigenvalue weighted by atomic mass is 35.5. The van der Waals surface area contributed by atoms with Gasteiger partial charge in [-0.25, -0.2) is 4.79 Å². The van der Waals surface area contributed by atoms with Gasteiger partial charge in [0, 0.05) is 0 Å². The fourth-order valence-corrected chi connectivity index (χ4v) is 1.63. The second-order valence-electron chi connectivity index (χ2n) is 3.70. The number of halogens is 1. The van der Waals surface area contributed by atoms with Crippen LogP contribution in [0.15, 0.2) is 30.5 Å². The maximum atomic E-state index is 10.7. The fourth-order valence-electron chi connectivity index (χ4n) is 1.41. The molecule has 0 saturated heterocycles. The summed E-state index contributed by atoms with van der Waals surface area (Å²) in [6.07, 6.45) is 1.27. The van der Waals surface area contributed by atoms with Crippen molar-refractivity contribution in [1.82, 2.24) is 9.78 Å². The van der Waals surface area contributed by atoms with E-state index in [0.717, 1.165) is 0 Å². The number of carbonyl (C=O) groups is 1. The van der Waals surface area contributed by atoms with Gasteiger partial charge in [0.1, 0.15) is 5.75 Å². The molecule has 1 heterocycles. The summed E-state index contributed by atoms with van der Waals surface area (Å²) in [5, 5.41) is 22.8. The van der Waals surface area contributed by atoms with E-state index in [0.29, 0.717) is 5.75 Å². The first-order valence-corrected chi connectivity index (χ1v) is 5.68. The molecule has 2 rings (SSSR count). The highest BCUT2D eigenvalue weighted by Gasteiger charge is 2.19. The molecule has 0 bridgehead atoms. The van der Waals surface area contributed by atoms with Crippen molar-refractivity contribution in [2.24, 2.45) is 0 Å². The van der Waals surface area contributed by atoms with Crippen molar-refractivity contribution >= 4 is 23.4 Å². The molecule has 9 heteroatoms. The Hall–Kier alpha value is -2.61. The van der Waals surface area contributed by atoms with Crippen molar-refractivity contribution < 1.29 is 19.6 Å². The van der Waals surface area contributed by atoms with E-state index in [1.54, 1.807) is 0 Å². The van der Waals surface area contributed by atoms with Crippen LogP contribution in [0.4, 0.5) is 5.82 Å². The van der Waals surface area contributed by atoms with Gasteiger partial charge in [0.25, 0.3) is 0 Å². The van der Waals surface area contributed by atoms with Gasteiger partial charge in [-0.2, -0.15) is 0 Å². The molecular formula is C11H8ClN3O5. The van der Waals surface area contributed by atoms with E-state index < -0.39 is 16.7 Å². The summed E-state index contributed by atoms with van der Waals surface area (Å²) >= 11 is 5.63. The molecule has 0 fully saturated rings. The second kappa shape index (κ2) is 5.57. The molecule has 20 heavy (non-hydrogen) atoms. The third kappa shape index (κ3) is 3.04. The van der Waals surface area contributed by atoms with Gasteiger partial charge in [-0.3, -0.25) is 0 Å². The smallest absolute Gasteiger partial charge is 0.408 e. The first kappa shape index (κ1) is 13.8. The van der Waals surface area contributed by atoms with E-state index in [9.17, 15) is 14.9 Å². The Kier molecular flexibility index (Phi) is 3.85. The summed E-state index contributed by atoms with van der Waals surface area (Å²) in [4.78, 5) is 20.5. The number of hydrogen-bond donors (Lipinski definition) is 1. The number of rotatable bonds is 5. The van der Waals surface area contributed by atoms with Gasteiger partial charge in [0.05, 0.1) is 16.9 Å². The molecule has 0 radical (unpaired) electrons. The molecule has 0 atom stereocenters. The lowest BCUT2D eigenvalue weighted by molar-refractivity contribution is -0.389. The predicted octanol–water partition coefficient (Wildman–Crippen LogP) is 2.18. The normalized spacial score (nSPS) is 10.2. The first-order chi connectivity index (χ1) is 9.47. The average Bonchev–Trinajstić information content (AvgIpc) is 2.78. The molecule has 0 saturated carbocycles. The lowest BCUT2D eigenvalue weighted by atomic mass is 10.2. The quantitative estimate of drug-likeness (QED) is 0.669. The minimum atomic E-state index is -1.04. The molecule has 0 spiro atoms. The Morgan fingerprint density at radius 3 is 2.60 bits per heavy atom. The van der Waals surface area contributed by atoms with Gasteiger partial charge >= 0.3 is 11.8 Å². The zero-order valence-electron chi connectivity index (χ0n) is 9.89. The van der Waals surface area contributed by atoms with Crippen molar-refractivity contribution in [3.8, 4) is 5.75 Å². The van der Waals surface area contributed by atoms with Crippen LogP contribution in [0.3, 0.4) is 0 Å².